The molecule has 3 rings (SSSR count). The van der Waals surface area contributed by atoms with Gasteiger partial charge in [-0.05, 0) is 22.0 Å². The molecule has 90 valence electrons. The minimum absolute atomic E-state index is 0.351. The van der Waals surface area contributed by atoms with Crippen LogP contribution in [0.3, 0.4) is 0 Å². The average Bonchev–Trinajstić information content (AvgIpc) is 2.84. The number of H-pyrrole nitrogens is 1. The predicted octanol–water partition coefficient (Wildman–Crippen LogP) is 3.00. The van der Waals surface area contributed by atoms with Crippen LogP contribution in [0.15, 0.2) is 35.3 Å². The first kappa shape index (κ1) is 11.1. The Morgan fingerprint density at radius 3 is 2.94 bits per heavy atom. The zero-order valence-corrected chi connectivity index (χ0v) is 10.6. The Labute approximate surface area is 110 Å². The van der Waals surface area contributed by atoms with Gasteiger partial charge in [-0.25, -0.2) is 14.4 Å². The molecule has 5 nitrogen and oxygen atoms in total. The van der Waals surface area contributed by atoms with Crippen LogP contribution in [-0.2, 0) is 0 Å². The molecule has 18 heavy (non-hydrogen) atoms. The summed E-state index contributed by atoms with van der Waals surface area (Å²) in [7, 11) is 0. The summed E-state index contributed by atoms with van der Waals surface area (Å²) in [5.41, 5.74) is 1.31. The highest BCUT2D eigenvalue weighted by Gasteiger charge is 2.08. The van der Waals surface area contributed by atoms with Crippen LogP contribution in [0, 0.1) is 5.82 Å². The Morgan fingerprint density at radius 1 is 1.28 bits per heavy atom. The first-order valence-electron chi connectivity index (χ1n) is 5.09. The second kappa shape index (κ2) is 4.34. The molecule has 3 aromatic rings. The van der Waals surface area contributed by atoms with Gasteiger partial charge in [-0.15, -0.1) is 0 Å². The largest absolute Gasteiger partial charge is 0.337 e. The number of hydrogen-bond acceptors (Lipinski definition) is 4. The molecule has 2 N–H and O–H groups in total. The monoisotopic (exact) mass is 307 g/mol. The summed E-state index contributed by atoms with van der Waals surface area (Å²) >= 11 is 3.15. The molecule has 0 amide bonds. The molecule has 0 bridgehead atoms. The van der Waals surface area contributed by atoms with Crippen LogP contribution in [0.4, 0.5) is 15.9 Å². The quantitative estimate of drug-likeness (QED) is 0.764. The highest BCUT2D eigenvalue weighted by molar-refractivity contribution is 9.10. The number of nitrogens with zero attached hydrogens (tertiary/aromatic N) is 3. The number of aromatic amines is 1. The van der Waals surface area contributed by atoms with Gasteiger partial charge in [0.1, 0.15) is 18.0 Å². The molecule has 0 aliphatic heterocycles. The highest BCUT2D eigenvalue weighted by Crippen LogP contribution is 2.27. The van der Waals surface area contributed by atoms with Crippen molar-refractivity contribution in [3.05, 3.63) is 41.1 Å². The lowest BCUT2D eigenvalue weighted by Crippen LogP contribution is -1.95. The minimum atomic E-state index is -0.351. The fourth-order valence-corrected chi connectivity index (χ4v) is 1.95. The first-order valence-corrected chi connectivity index (χ1v) is 5.89. The normalized spacial score (nSPS) is 10.8. The van der Waals surface area contributed by atoms with E-state index < -0.39 is 0 Å². The van der Waals surface area contributed by atoms with Crippen molar-refractivity contribution in [1.29, 1.82) is 0 Å². The molecular weight excluding hydrogens is 301 g/mol. The van der Waals surface area contributed by atoms with Crippen LogP contribution in [0.1, 0.15) is 0 Å². The third-order valence-electron chi connectivity index (χ3n) is 2.44. The second-order valence-electron chi connectivity index (χ2n) is 3.62. The maximum Gasteiger partial charge on any atom is 0.141 e. The second-order valence-corrected chi connectivity index (χ2v) is 4.47. The van der Waals surface area contributed by atoms with Crippen molar-refractivity contribution in [1.82, 2.24) is 20.2 Å². The zero-order chi connectivity index (χ0) is 12.5. The van der Waals surface area contributed by atoms with E-state index in [1.54, 1.807) is 18.5 Å². The molecule has 2 aromatic heterocycles. The van der Waals surface area contributed by atoms with Crippen molar-refractivity contribution in [3.63, 3.8) is 0 Å². The smallest absolute Gasteiger partial charge is 0.141 e. The summed E-state index contributed by atoms with van der Waals surface area (Å²) in [4.78, 5) is 8.18. The van der Waals surface area contributed by atoms with Gasteiger partial charge in [0.25, 0.3) is 0 Å². The topological polar surface area (TPSA) is 66.5 Å². The molecule has 0 aliphatic rings. The van der Waals surface area contributed by atoms with E-state index in [2.05, 4.69) is 41.4 Å². The number of halogens is 2. The number of nitrogens with one attached hydrogen (secondary N) is 2. The van der Waals surface area contributed by atoms with Crippen molar-refractivity contribution in [3.8, 4) is 0 Å². The lowest BCUT2D eigenvalue weighted by Gasteiger charge is -2.06. The van der Waals surface area contributed by atoms with Gasteiger partial charge in [0.05, 0.1) is 21.9 Å². The number of benzene rings is 1. The Hall–Kier alpha value is -2.02. The van der Waals surface area contributed by atoms with E-state index in [0.717, 1.165) is 11.1 Å². The van der Waals surface area contributed by atoms with Gasteiger partial charge < -0.3 is 5.32 Å². The average molecular weight is 308 g/mol. The summed E-state index contributed by atoms with van der Waals surface area (Å²) < 4.78 is 13.8. The molecule has 7 heteroatoms. The van der Waals surface area contributed by atoms with Crippen molar-refractivity contribution in [2.45, 2.75) is 0 Å². The van der Waals surface area contributed by atoms with Crippen molar-refractivity contribution >= 4 is 38.3 Å². The van der Waals surface area contributed by atoms with Gasteiger partial charge in [0.15, 0.2) is 0 Å². The Kier molecular flexibility index (Phi) is 2.67. The summed E-state index contributed by atoms with van der Waals surface area (Å²) in [6.07, 6.45) is 4.72. The van der Waals surface area contributed by atoms with Crippen LogP contribution < -0.4 is 5.32 Å². The van der Waals surface area contributed by atoms with Crippen LogP contribution in [0.2, 0.25) is 0 Å². The Bertz CT molecular complexity index is 698. The molecule has 0 saturated carbocycles. The molecule has 0 aliphatic carbocycles. The van der Waals surface area contributed by atoms with Crippen molar-refractivity contribution in [2.75, 3.05) is 5.32 Å². The van der Waals surface area contributed by atoms with Gasteiger partial charge in [0.2, 0.25) is 0 Å². The van der Waals surface area contributed by atoms with Gasteiger partial charge in [-0.1, -0.05) is 0 Å². The van der Waals surface area contributed by atoms with Crippen LogP contribution in [-0.4, -0.2) is 20.2 Å². The summed E-state index contributed by atoms with van der Waals surface area (Å²) in [6, 6.07) is 3.01. The fourth-order valence-electron chi connectivity index (χ4n) is 1.61. The fraction of sp³-hybridized carbons (Fsp3) is 0. The van der Waals surface area contributed by atoms with E-state index in [9.17, 15) is 4.39 Å². The molecular formula is C11H7BrFN5. The zero-order valence-electron chi connectivity index (χ0n) is 8.98. The maximum absolute atomic E-state index is 13.4. The lowest BCUT2D eigenvalue weighted by molar-refractivity contribution is 0.623. The SMILES string of the molecule is Fc1cc2ncnc(Nc3cn[nH]c3)c2cc1Br. The van der Waals surface area contributed by atoms with E-state index >= 15 is 0 Å². The van der Waals surface area contributed by atoms with Crippen LogP contribution in [0.25, 0.3) is 10.9 Å². The standard InChI is InChI=1S/C11H7BrFN5/c12-8-1-7-10(2-9(8)13)14-5-15-11(7)18-6-3-16-17-4-6/h1-5H,(H,16,17)(H,14,15,18). The van der Waals surface area contributed by atoms with E-state index in [1.165, 1.54) is 12.4 Å². The Morgan fingerprint density at radius 2 is 2.17 bits per heavy atom. The number of anilines is 2. The van der Waals surface area contributed by atoms with Crippen molar-refractivity contribution in [2.24, 2.45) is 0 Å². The van der Waals surface area contributed by atoms with E-state index in [4.69, 9.17) is 0 Å². The van der Waals surface area contributed by atoms with Crippen LogP contribution in [0.5, 0.6) is 0 Å². The number of fused-ring (bicyclic) bond motifs is 1. The Balaban J connectivity index is 2.14. The maximum atomic E-state index is 13.4. The first-order chi connectivity index (χ1) is 8.74. The lowest BCUT2D eigenvalue weighted by atomic mass is 10.2. The summed E-state index contributed by atoms with van der Waals surface area (Å²) in [6.45, 7) is 0. The molecule has 0 radical (unpaired) electrons. The number of rotatable bonds is 2. The molecule has 0 saturated heterocycles. The molecule has 0 atom stereocenters. The van der Waals surface area contributed by atoms with Gasteiger partial charge in [-0.2, -0.15) is 5.10 Å². The van der Waals surface area contributed by atoms with E-state index in [1.807, 2.05) is 0 Å². The third kappa shape index (κ3) is 1.92. The third-order valence-corrected chi connectivity index (χ3v) is 3.05. The summed E-state index contributed by atoms with van der Waals surface area (Å²) in [5.74, 6) is 0.248. The van der Waals surface area contributed by atoms with Gasteiger partial charge in [-0.3, -0.25) is 5.10 Å². The van der Waals surface area contributed by atoms with E-state index in [0.29, 0.717) is 15.8 Å². The van der Waals surface area contributed by atoms with Gasteiger partial charge >= 0.3 is 0 Å². The van der Waals surface area contributed by atoms with Crippen molar-refractivity contribution < 1.29 is 4.39 Å². The molecule has 2 heterocycles. The molecule has 0 fully saturated rings. The van der Waals surface area contributed by atoms with E-state index in [-0.39, 0.29) is 5.82 Å². The van der Waals surface area contributed by atoms with Gasteiger partial charge in [0, 0.05) is 17.6 Å². The summed E-state index contributed by atoms with van der Waals surface area (Å²) in [5, 5.41) is 10.3. The number of hydrogen-bond donors (Lipinski definition) is 2. The number of aromatic nitrogens is 4. The molecule has 0 unspecified atom stereocenters. The molecule has 0 spiro atoms. The van der Waals surface area contributed by atoms with Crippen LogP contribution >= 0.6 is 15.9 Å². The minimum Gasteiger partial charge on any atom is -0.337 e. The molecule has 1 aromatic carbocycles. The predicted molar refractivity (Wildman–Crippen MR) is 69.1 cm³/mol. The highest BCUT2D eigenvalue weighted by atomic mass is 79.9.